The van der Waals surface area contributed by atoms with E-state index in [4.69, 9.17) is 19.5 Å². The summed E-state index contributed by atoms with van der Waals surface area (Å²) in [5.41, 5.74) is 0.948. The number of nitrogens with zero attached hydrogens (tertiary/aromatic N) is 3. The first-order valence-corrected chi connectivity index (χ1v) is 8.10. The lowest BCUT2D eigenvalue weighted by molar-refractivity contribution is -0.129. The van der Waals surface area contributed by atoms with Crippen LogP contribution >= 0.6 is 11.3 Å². The number of thiazole rings is 1. The Hall–Kier alpha value is -2.94. The Morgan fingerprint density at radius 2 is 2.08 bits per heavy atom. The van der Waals surface area contributed by atoms with Crippen LogP contribution in [0.3, 0.4) is 0 Å². The molecule has 0 saturated carbocycles. The number of oxime groups is 2. The number of aliphatic carboxylic acids is 1. The molecular weight excluding hydrogens is 346 g/mol. The van der Waals surface area contributed by atoms with Gasteiger partial charge in [-0.3, -0.25) is 0 Å². The molecule has 0 saturated heterocycles. The molecule has 2 aromatic rings. The minimum atomic E-state index is -1.21. The van der Waals surface area contributed by atoms with Gasteiger partial charge in [0.2, 0.25) is 5.71 Å². The number of hydrogen-bond acceptors (Lipinski definition) is 8. The third-order valence-corrected chi connectivity index (χ3v) is 3.68. The molecule has 9 heteroatoms. The zero-order valence-corrected chi connectivity index (χ0v) is 14.5. The number of hydrogen-bond donors (Lipinski definition) is 1. The number of carboxylic acid groups (broad SMARTS) is 1. The van der Waals surface area contributed by atoms with E-state index in [1.54, 1.807) is 19.4 Å². The summed E-state index contributed by atoms with van der Waals surface area (Å²) in [5, 5.41) is 18.8. The SMILES string of the molecule is COc1ccc(CON=CCO/N=C(\C(=O)O)c2csc(C)n2)cc1. The molecule has 1 aromatic heterocycles. The van der Waals surface area contributed by atoms with E-state index in [1.807, 2.05) is 24.3 Å². The van der Waals surface area contributed by atoms with Crippen molar-refractivity contribution in [3.05, 3.63) is 45.9 Å². The average Bonchev–Trinajstić information content (AvgIpc) is 3.03. The van der Waals surface area contributed by atoms with Gasteiger partial charge in [-0.2, -0.15) is 0 Å². The van der Waals surface area contributed by atoms with Crippen molar-refractivity contribution in [2.45, 2.75) is 13.5 Å². The Morgan fingerprint density at radius 1 is 1.32 bits per heavy atom. The van der Waals surface area contributed by atoms with E-state index in [1.165, 1.54) is 17.6 Å². The topological polar surface area (TPSA) is 103 Å². The van der Waals surface area contributed by atoms with Crippen molar-refractivity contribution in [1.29, 1.82) is 0 Å². The van der Waals surface area contributed by atoms with E-state index in [0.717, 1.165) is 16.3 Å². The van der Waals surface area contributed by atoms with Crippen LogP contribution in [0, 0.1) is 6.92 Å². The predicted molar refractivity (Wildman–Crippen MR) is 93.3 cm³/mol. The number of rotatable bonds is 9. The zero-order chi connectivity index (χ0) is 18.1. The standard InChI is InChI=1S/C16H17N3O5S/c1-11-18-14(10-25-11)15(16(20)21)19-23-8-7-17-24-9-12-3-5-13(22-2)6-4-12/h3-7,10H,8-9H2,1-2H3,(H,20,21)/b17-7?,19-15-. The van der Waals surface area contributed by atoms with Crippen molar-refractivity contribution in [2.24, 2.45) is 10.3 Å². The molecule has 132 valence electrons. The third-order valence-electron chi connectivity index (χ3n) is 2.91. The van der Waals surface area contributed by atoms with Crippen molar-refractivity contribution in [3.63, 3.8) is 0 Å². The van der Waals surface area contributed by atoms with E-state index in [9.17, 15) is 4.79 Å². The summed E-state index contributed by atoms with van der Waals surface area (Å²) < 4.78 is 5.06. The highest BCUT2D eigenvalue weighted by molar-refractivity contribution is 7.09. The van der Waals surface area contributed by atoms with Crippen molar-refractivity contribution >= 4 is 29.2 Å². The number of carbonyl (C=O) groups is 1. The van der Waals surface area contributed by atoms with Gasteiger partial charge < -0.3 is 19.5 Å². The van der Waals surface area contributed by atoms with Crippen LogP contribution in [-0.2, 0) is 21.1 Å². The van der Waals surface area contributed by atoms with Gasteiger partial charge in [-0.25, -0.2) is 9.78 Å². The Labute approximate surface area is 148 Å². The van der Waals surface area contributed by atoms with E-state index in [0.29, 0.717) is 6.61 Å². The van der Waals surface area contributed by atoms with E-state index >= 15 is 0 Å². The van der Waals surface area contributed by atoms with Crippen molar-refractivity contribution in [3.8, 4) is 5.75 Å². The fourth-order valence-corrected chi connectivity index (χ4v) is 2.32. The van der Waals surface area contributed by atoms with Crippen molar-refractivity contribution < 1.29 is 24.3 Å². The number of benzene rings is 1. The maximum atomic E-state index is 11.2. The normalized spacial score (nSPS) is 11.5. The molecule has 0 aliphatic carbocycles. The number of aryl methyl sites for hydroxylation is 1. The molecule has 8 nitrogen and oxygen atoms in total. The number of ether oxygens (including phenoxy) is 1. The molecule has 0 aliphatic heterocycles. The molecule has 1 heterocycles. The van der Waals surface area contributed by atoms with Gasteiger partial charge in [0.1, 0.15) is 18.1 Å². The van der Waals surface area contributed by atoms with Gasteiger partial charge in [0.05, 0.1) is 18.3 Å². The summed E-state index contributed by atoms with van der Waals surface area (Å²) >= 11 is 1.34. The molecule has 25 heavy (non-hydrogen) atoms. The quantitative estimate of drug-likeness (QED) is 0.417. The molecule has 0 radical (unpaired) electrons. The second-order valence-corrected chi connectivity index (χ2v) is 5.76. The van der Waals surface area contributed by atoms with Gasteiger partial charge >= 0.3 is 5.97 Å². The van der Waals surface area contributed by atoms with Gasteiger partial charge in [0, 0.05) is 5.38 Å². The zero-order valence-electron chi connectivity index (χ0n) is 13.7. The Bertz CT molecular complexity index is 755. The molecule has 0 spiro atoms. The lowest BCUT2D eigenvalue weighted by Crippen LogP contribution is -2.15. The van der Waals surface area contributed by atoms with Crippen LogP contribution in [0.25, 0.3) is 0 Å². The fourth-order valence-electron chi connectivity index (χ4n) is 1.72. The van der Waals surface area contributed by atoms with E-state index < -0.39 is 5.97 Å². The van der Waals surface area contributed by atoms with Crippen molar-refractivity contribution in [1.82, 2.24) is 4.98 Å². The van der Waals surface area contributed by atoms with Gasteiger partial charge in [-0.05, 0) is 24.6 Å². The smallest absolute Gasteiger partial charge is 0.360 e. The van der Waals surface area contributed by atoms with Gasteiger partial charge in [0.15, 0.2) is 6.61 Å². The monoisotopic (exact) mass is 363 g/mol. The maximum Gasteiger partial charge on any atom is 0.360 e. The molecule has 0 atom stereocenters. The Kier molecular flexibility index (Phi) is 6.90. The third kappa shape index (κ3) is 5.88. The molecule has 0 aliphatic rings. The van der Waals surface area contributed by atoms with Crippen LogP contribution in [0.5, 0.6) is 5.75 Å². The largest absolute Gasteiger partial charge is 0.497 e. The summed E-state index contributed by atoms with van der Waals surface area (Å²) in [7, 11) is 1.60. The van der Waals surface area contributed by atoms with Crippen LogP contribution in [0.15, 0.2) is 40.0 Å². The highest BCUT2D eigenvalue weighted by Gasteiger charge is 2.16. The minimum absolute atomic E-state index is 0.0253. The second kappa shape index (κ2) is 9.38. The van der Waals surface area contributed by atoms with Crippen LogP contribution in [0.4, 0.5) is 0 Å². The first kappa shape index (κ1) is 18.4. The molecular formula is C16H17N3O5S. The van der Waals surface area contributed by atoms with Crippen LogP contribution in [-0.4, -0.2) is 41.7 Å². The molecule has 0 unspecified atom stereocenters. The van der Waals surface area contributed by atoms with Crippen LogP contribution in [0.1, 0.15) is 16.3 Å². The van der Waals surface area contributed by atoms with E-state index in [-0.39, 0.29) is 18.0 Å². The molecule has 0 bridgehead atoms. The lowest BCUT2D eigenvalue weighted by Gasteiger charge is -2.02. The first-order chi connectivity index (χ1) is 12.1. The second-order valence-electron chi connectivity index (χ2n) is 4.70. The highest BCUT2D eigenvalue weighted by atomic mass is 32.1. The maximum absolute atomic E-state index is 11.2. The first-order valence-electron chi connectivity index (χ1n) is 7.22. The number of carboxylic acids is 1. The molecule has 1 N–H and O–H groups in total. The molecule has 0 amide bonds. The highest BCUT2D eigenvalue weighted by Crippen LogP contribution is 2.12. The Balaban J connectivity index is 1.76. The predicted octanol–water partition coefficient (Wildman–Crippen LogP) is 2.47. The van der Waals surface area contributed by atoms with Crippen LogP contribution in [0.2, 0.25) is 0 Å². The van der Waals surface area contributed by atoms with Gasteiger partial charge in [-0.15, -0.1) is 11.3 Å². The minimum Gasteiger partial charge on any atom is -0.497 e. The Morgan fingerprint density at radius 3 is 2.68 bits per heavy atom. The summed E-state index contributed by atoms with van der Waals surface area (Å²) in [5.74, 6) is -0.443. The summed E-state index contributed by atoms with van der Waals surface area (Å²) in [6, 6.07) is 7.38. The van der Waals surface area contributed by atoms with Gasteiger partial charge in [-0.1, -0.05) is 22.4 Å². The molecule has 0 fully saturated rings. The number of aromatic nitrogens is 1. The molecule has 1 aromatic carbocycles. The van der Waals surface area contributed by atoms with Crippen LogP contribution < -0.4 is 4.74 Å². The molecule has 2 rings (SSSR count). The van der Waals surface area contributed by atoms with Crippen molar-refractivity contribution in [2.75, 3.05) is 13.7 Å². The average molecular weight is 363 g/mol. The summed E-state index contributed by atoms with van der Waals surface area (Å²) in [6.07, 6.45) is 1.35. The summed E-state index contributed by atoms with van der Waals surface area (Å²) in [6.45, 7) is 2.05. The lowest BCUT2D eigenvalue weighted by atomic mass is 10.2. The van der Waals surface area contributed by atoms with E-state index in [2.05, 4.69) is 15.3 Å². The van der Waals surface area contributed by atoms with Gasteiger partial charge in [0.25, 0.3) is 0 Å². The number of methoxy groups -OCH3 is 1. The summed E-state index contributed by atoms with van der Waals surface area (Å²) in [4.78, 5) is 25.3. The fraction of sp³-hybridized carbons (Fsp3) is 0.250.